The van der Waals surface area contributed by atoms with Crippen LogP contribution in [0.1, 0.15) is 6.92 Å². The third kappa shape index (κ3) is 3.91. The van der Waals surface area contributed by atoms with Crippen LogP contribution in [-0.4, -0.2) is 35.9 Å². The molecule has 0 aromatic heterocycles. The van der Waals surface area contributed by atoms with E-state index in [2.05, 4.69) is 5.32 Å². The number of carboxylic acids is 2. The summed E-state index contributed by atoms with van der Waals surface area (Å²) in [6, 6.07) is 4.82. The third-order valence-corrected chi connectivity index (χ3v) is 2.31. The van der Waals surface area contributed by atoms with Gasteiger partial charge in [0.25, 0.3) is 0 Å². The quantitative estimate of drug-likeness (QED) is 0.395. The molecule has 0 aliphatic rings. The maximum absolute atomic E-state index is 10.7. The van der Waals surface area contributed by atoms with Gasteiger partial charge < -0.3 is 25.0 Å². The predicted molar refractivity (Wildman–Crippen MR) is 71.1 cm³/mol. The van der Waals surface area contributed by atoms with E-state index in [0.29, 0.717) is 23.8 Å². The fraction of sp³-hybridized carbons (Fsp3) is 0.231. The number of carboxylic acid groups (broad SMARTS) is 2. The molecule has 0 atom stereocenters. The first-order valence-electron chi connectivity index (χ1n) is 5.73. The Balaban J connectivity index is 2.98. The Morgan fingerprint density at radius 1 is 1.25 bits per heavy atom. The molecule has 0 bridgehead atoms. The lowest BCUT2D eigenvalue weighted by molar-refractivity contribution is -0.140. The molecule has 0 heterocycles. The van der Waals surface area contributed by atoms with Crippen LogP contribution < -0.4 is 14.8 Å². The molecule has 20 heavy (non-hydrogen) atoms. The van der Waals surface area contributed by atoms with Gasteiger partial charge in [-0.2, -0.15) is 0 Å². The van der Waals surface area contributed by atoms with Gasteiger partial charge in [0.15, 0.2) is 17.1 Å². The highest BCUT2D eigenvalue weighted by atomic mass is 16.5. The smallest absolute Gasteiger partial charge is 0.344 e. The zero-order valence-corrected chi connectivity index (χ0v) is 11.0. The van der Waals surface area contributed by atoms with Crippen LogP contribution in [0.4, 0.5) is 5.69 Å². The van der Waals surface area contributed by atoms with Crippen LogP contribution in [0.5, 0.6) is 11.5 Å². The van der Waals surface area contributed by atoms with Crippen molar-refractivity contribution < 1.29 is 29.3 Å². The van der Waals surface area contributed by atoms with Crippen molar-refractivity contribution >= 4 is 17.6 Å². The topological polar surface area (TPSA) is 105 Å². The minimum Gasteiger partial charge on any atom is -0.493 e. The van der Waals surface area contributed by atoms with E-state index in [0.717, 1.165) is 6.20 Å². The van der Waals surface area contributed by atoms with Gasteiger partial charge in [0, 0.05) is 18.0 Å². The number of benzene rings is 1. The number of hydrogen-bond donors (Lipinski definition) is 3. The molecule has 0 unspecified atom stereocenters. The molecule has 0 saturated carbocycles. The average Bonchev–Trinajstić information content (AvgIpc) is 2.39. The van der Waals surface area contributed by atoms with Crippen molar-refractivity contribution in [2.75, 3.05) is 19.0 Å². The molecule has 0 spiro atoms. The van der Waals surface area contributed by atoms with Gasteiger partial charge >= 0.3 is 11.9 Å². The number of nitrogens with one attached hydrogen (secondary N) is 1. The summed E-state index contributed by atoms with van der Waals surface area (Å²) in [6.45, 7) is 2.25. The number of rotatable bonds is 7. The molecule has 1 aromatic carbocycles. The maximum atomic E-state index is 10.7. The normalized spacial score (nSPS) is 9.50. The van der Waals surface area contributed by atoms with E-state index < -0.39 is 17.5 Å². The van der Waals surface area contributed by atoms with Gasteiger partial charge in [-0.15, -0.1) is 0 Å². The van der Waals surface area contributed by atoms with E-state index >= 15 is 0 Å². The standard InChI is InChI=1S/C13H15NO6/c1-3-20-11-6-8(4-5-10(11)19-2)14-7-9(12(15)16)13(17)18/h4-7,14H,3H2,1-2H3,(H,15,16)(H,17,18). The second-order valence-electron chi connectivity index (χ2n) is 3.61. The van der Waals surface area contributed by atoms with Crippen molar-refractivity contribution in [3.63, 3.8) is 0 Å². The Morgan fingerprint density at radius 2 is 1.90 bits per heavy atom. The molecule has 0 amide bonds. The predicted octanol–water partition coefficient (Wildman–Crippen LogP) is 1.56. The molecule has 0 saturated heterocycles. The number of anilines is 1. The van der Waals surface area contributed by atoms with Gasteiger partial charge in [0.05, 0.1) is 13.7 Å². The summed E-state index contributed by atoms with van der Waals surface area (Å²) in [5, 5.41) is 20.0. The van der Waals surface area contributed by atoms with E-state index in [4.69, 9.17) is 19.7 Å². The van der Waals surface area contributed by atoms with Crippen molar-refractivity contribution in [2.24, 2.45) is 0 Å². The summed E-state index contributed by atoms with van der Waals surface area (Å²) >= 11 is 0. The first-order chi connectivity index (χ1) is 9.49. The van der Waals surface area contributed by atoms with Crippen molar-refractivity contribution in [3.8, 4) is 11.5 Å². The molecule has 0 aliphatic heterocycles. The van der Waals surface area contributed by atoms with Gasteiger partial charge in [-0.3, -0.25) is 0 Å². The highest BCUT2D eigenvalue weighted by Crippen LogP contribution is 2.30. The number of ether oxygens (including phenoxy) is 2. The SMILES string of the molecule is CCOc1cc(NC=C(C(=O)O)C(=O)O)ccc1OC. The van der Waals surface area contributed by atoms with Crippen LogP contribution in [0.3, 0.4) is 0 Å². The molecular weight excluding hydrogens is 266 g/mol. The molecule has 7 nitrogen and oxygen atoms in total. The van der Waals surface area contributed by atoms with Crippen LogP contribution in [0.15, 0.2) is 30.0 Å². The summed E-state index contributed by atoms with van der Waals surface area (Å²) in [7, 11) is 1.50. The molecule has 108 valence electrons. The third-order valence-electron chi connectivity index (χ3n) is 2.31. The summed E-state index contributed by atoms with van der Waals surface area (Å²) < 4.78 is 10.5. The van der Waals surface area contributed by atoms with Gasteiger partial charge in [0.2, 0.25) is 0 Å². The summed E-state index contributed by atoms with van der Waals surface area (Å²) in [4.78, 5) is 21.4. The van der Waals surface area contributed by atoms with Crippen LogP contribution >= 0.6 is 0 Å². The Hall–Kier alpha value is -2.70. The lowest BCUT2D eigenvalue weighted by Crippen LogP contribution is -2.12. The molecule has 1 rings (SSSR count). The number of aliphatic carboxylic acids is 2. The fourth-order valence-electron chi connectivity index (χ4n) is 1.41. The van der Waals surface area contributed by atoms with Crippen LogP contribution in [0.25, 0.3) is 0 Å². The number of methoxy groups -OCH3 is 1. The second kappa shape index (κ2) is 7.03. The maximum Gasteiger partial charge on any atom is 0.344 e. The van der Waals surface area contributed by atoms with Gasteiger partial charge in [-0.05, 0) is 19.1 Å². The largest absolute Gasteiger partial charge is 0.493 e. The lowest BCUT2D eigenvalue weighted by Gasteiger charge is -2.11. The Kier molecular flexibility index (Phi) is 5.40. The molecule has 0 radical (unpaired) electrons. The second-order valence-corrected chi connectivity index (χ2v) is 3.61. The van der Waals surface area contributed by atoms with Crippen molar-refractivity contribution in [1.82, 2.24) is 0 Å². The number of carbonyl (C=O) groups is 2. The zero-order valence-electron chi connectivity index (χ0n) is 11.0. The molecule has 0 fully saturated rings. The molecular formula is C13H15NO6. The molecule has 7 heteroatoms. The Bertz CT molecular complexity index is 522. The summed E-state index contributed by atoms with van der Waals surface area (Å²) in [5.41, 5.74) is -0.284. The Morgan fingerprint density at radius 3 is 2.40 bits per heavy atom. The van der Waals surface area contributed by atoms with E-state index in [1.54, 1.807) is 18.2 Å². The van der Waals surface area contributed by atoms with Crippen molar-refractivity contribution in [2.45, 2.75) is 6.92 Å². The first-order valence-corrected chi connectivity index (χ1v) is 5.73. The first kappa shape index (κ1) is 15.4. The molecule has 0 aliphatic carbocycles. The van der Waals surface area contributed by atoms with Crippen LogP contribution in [0, 0.1) is 0 Å². The number of hydrogen-bond acceptors (Lipinski definition) is 5. The van der Waals surface area contributed by atoms with Gasteiger partial charge in [-0.25, -0.2) is 9.59 Å². The summed E-state index contributed by atoms with van der Waals surface area (Å²) in [6.07, 6.45) is 0.905. The van der Waals surface area contributed by atoms with Crippen molar-refractivity contribution in [3.05, 3.63) is 30.0 Å². The van der Waals surface area contributed by atoms with E-state index in [-0.39, 0.29) is 0 Å². The average molecular weight is 281 g/mol. The Labute approximate surface area is 115 Å². The fourth-order valence-corrected chi connectivity index (χ4v) is 1.41. The van der Waals surface area contributed by atoms with Crippen LogP contribution in [0.2, 0.25) is 0 Å². The van der Waals surface area contributed by atoms with E-state index in [1.165, 1.54) is 7.11 Å². The van der Waals surface area contributed by atoms with Gasteiger partial charge in [0.1, 0.15) is 0 Å². The van der Waals surface area contributed by atoms with Gasteiger partial charge in [-0.1, -0.05) is 0 Å². The zero-order chi connectivity index (χ0) is 15.1. The van der Waals surface area contributed by atoms with E-state index in [1.807, 2.05) is 6.92 Å². The highest BCUT2D eigenvalue weighted by Gasteiger charge is 2.15. The minimum absolute atomic E-state index is 0.436. The molecule has 1 aromatic rings. The van der Waals surface area contributed by atoms with Crippen LogP contribution in [-0.2, 0) is 9.59 Å². The van der Waals surface area contributed by atoms with Crippen molar-refractivity contribution in [1.29, 1.82) is 0 Å². The summed E-state index contributed by atoms with van der Waals surface area (Å²) in [5.74, 6) is -2.05. The lowest BCUT2D eigenvalue weighted by atomic mass is 10.2. The minimum atomic E-state index is -1.52. The van der Waals surface area contributed by atoms with E-state index in [9.17, 15) is 9.59 Å². The molecule has 3 N–H and O–H groups in total. The monoisotopic (exact) mass is 281 g/mol. The highest BCUT2D eigenvalue weighted by molar-refractivity contribution is 6.12.